The van der Waals surface area contributed by atoms with Gasteiger partial charge in [0.05, 0.1) is 11.7 Å². The highest BCUT2D eigenvalue weighted by molar-refractivity contribution is 9.10. The van der Waals surface area contributed by atoms with Crippen LogP contribution in [0.4, 0.5) is 4.39 Å². The third kappa shape index (κ3) is 3.27. The van der Waals surface area contributed by atoms with Crippen LogP contribution in [-0.2, 0) is 11.2 Å². The first-order valence-corrected chi connectivity index (χ1v) is 5.83. The molecule has 1 atom stereocenters. The van der Waals surface area contributed by atoms with Crippen LogP contribution >= 0.6 is 15.9 Å². The molecule has 1 N–H and O–H groups in total. The van der Waals surface area contributed by atoms with E-state index in [4.69, 9.17) is 4.74 Å². The Bertz CT molecular complexity index is 366. The molecule has 0 aliphatic heterocycles. The van der Waals surface area contributed by atoms with Crippen molar-refractivity contribution in [2.75, 3.05) is 7.11 Å². The maximum Gasteiger partial charge on any atom is 0.124 e. The smallest absolute Gasteiger partial charge is 0.124 e. The lowest BCUT2D eigenvalue weighted by Gasteiger charge is -2.29. The number of halogens is 2. The van der Waals surface area contributed by atoms with E-state index >= 15 is 0 Å². The van der Waals surface area contributed by atoms with Gasteiger partial charge in [-0.2, -0.15) is 0 Å². The van der Waals surface area contributed by atoms with E-state index in [0.29, 0.717) is 10.9 Å². The molecule has 1 rings (SSSR count). The summed E-state index contributed by atoms with van der Waals surface area (Å²) in [6.07, 6.45) is -0.221. The lowest BCUT2D eigenvalue weighted by Crippen LogP contribution is -2.39. The molecular formula is C12H16BrFO2. The zero-order valence-corrected chi connectivity index (χ0v) is 11.2. The van der Waals surface area contributed by atoms with Gasteiger partial charge >= 0.3 is 0 Å². The van der Waals surface area contributed by atoms with Crippen LogP contribution in [0.15, 0.2) is 22.7 Å². The Morgan fingerprint density at radius 1 is 1.50 bits per heavy atom. The number of rotatable bonds is 4. The first kappa shape index (κ1) is 13.6. The number of ether oxygens (including phenoxy) is 1. The van der Waals surface area contributed by atoms with Gasteiger partial charge in [0, 0.05) is 18.0 Å². The Labute approximate surface area is 104 Å². The first-order chi connectivity index (χ1) is 7.36. The van der Waals surface area contributed by atoms with E-state index in [2.05, 4.69) is 15.9 Å². The van der Waals surface area contributed by atoms with Crippen LogP contribution in [0.1, 0.15) is 19.4 Å². The average molecular weight is 291 g/mol. The summed E-state index contributed by atoms with van der Waals surface area (Å²) in [5, 5.41) is 9.98. The molecule has 1 aromatic carbocycles. The van der Waals surface area contributed by atoms with Crippen LogP contribution in [-0.4, -0.2) is 23.9 Å². The Kier molecular flexibility index (Phi) is 4.47. The average Bonchev–Trinajstić information content (AvgIpc) is 2.22. The molecule has 0 radical (unpaired) electrons. The van der Waals surface area contributed by atoms with E-state index in [1.54, 1.807) is 13.2 Å². The maximum absolute atomic E-state index is 12.9. The van der Waals surface area contributed by atoms with E-state index in [9.17, 15) is 9.50 Å². The zero-order valence-electron chi connectivity index (χ0n) is 9.63. The topological polar surface area (TPSA) is 29.5 Å². The normalized spacial score (nSPS) is 13.9. The number of aliphatic hydroxyl groups is 1. The van der Waals surface area contributed by atoms with Crippen molar-refractivity contribution in [2.24, 2.45) is 0 Å². The van der Waals surface area contributed by atoms with E-state index in [0.717, 1.165) is 5.56 Å². The largest absolute Gasteiger partial charge is 0.390 e. The molecule has 0 aliphatic rings. The number of hydrogen-bond donors (Lipinski definition) is 1. The third-order valence-electron chi connectivity index (χ3n) is 2.76. The maximum atomic E-state index is 12.9. The molecule has 2 nitrogen and oxygen atoms in total. The molecule has 0 heterocycles. The highest BCUT2D eigenvalue weighted by Crippen LogP contribution is 2.23. The zero-order chi connectivity index (χ0) is 12.3. The monoisotopic (exact) mass is 290 g/mol. The summed E-state index contributed by atoms with van der Waals surface area (Å²) in [6, 6.07) is 4.43. The van der Waals surface area contributed by atoms with Gasteiger partial charge in [-0.05, 0) is 31.5 Å². The fraction of sp³-hybridized carbons (Fsp3) is 0.500. The van der Waals surface area contributed by atoms with E-state index < -0.39 is 11.7 Å². The first-order valence-electron chi connectivity index (χ1n) is 5.04. The summed E-state index contributed by atoms with van der Waals surface area (Å²) < 4.78 is 18.7. The molecule has 0 saturated carbocycles. The van der Waals surface area contributed by atoms with Crippen LogP contribution in [0.3, 0.4) is 0 Å². The van der Waals surface area contributed by atoms with Gasteiger partial charge in [-0.1, -0.05) is 22.0 Å². The Hall–Kier alpha value is -0.450. The highest BCUT2D eigenvalue weighted by atomic mass is 79.9. The second-order valence-electron chi connectivity index (χ2n) is 4.26. The predicted octanol–water partition coefficient (Wildman–Crippen LogP) is 2.92. The molecule has 90 valence electrons. The fourth-order valence-corrected chi connectivity index (χ4v) is 1.79. The van der Waals surface area contributed by atoms with Crippen molar-refractivity contribution < 1.29 is 14.2 Å². The van der Waals surface area contributed by atoms with Crippen molar-refractivity contribution in [1.29, 1.82) is 0 Å². The molecule has 0 fully saturated rings. The molecule has 1 aromatic rings. The summed E-state index contributed by atoms with van der Waals surface area (Å²) in [5.41, 5.74) is 0.243. The minimum Gasteiger partial charge on any atom is -0.390 e. The second kappa shape index (κ2) is 5.25. The molecule has 0 amide bonds. The van der Waals surface area contributed by atoms with Gasteiger partial charge in [0.1, 0.15) is 5.82 Å². The molecule has 0 bridgehead atoms. The summed E-state index contributed by atoms with van der Waals surface area (Å²) in [5.74, 6) is -0.295. The van der Waals surface area contributed by atoms with E-state index in [1.807, 2.05) is 13.8 Å². The standard InChI is InChI=1S/C12H16BrFO2/c1-12(2,16-3)11(15)6-8-4-5-9(14)7-10(8)13/h4-5,7,11,15H,6H2,1-3H3. The molecule has 0 saturated heterocycles. The number of aliphatic hydroxyl groups excluding tert-OH is 1. The lowest BCUT2D eigenvalue weighted by atomic mass is 9.95. The van der Waals surface area contributed by atoms with Gasteiger partial charge in [-0.15, -0.1) is 0 Å². The van der Waals surface area contributed by atoms with E-state index in [1.165, 1.54) is 12.1 Å². The summed E-state index contributed by atoms with van der Waals surface area (Å²) in [6.45, 7) is 3.63. The predicted molar refractivity (Wildman–Crippen MR) is 64.9 cm³/mol. The summed E-state index contributed by atoms with van der Waals surface area (Å²) in [4.78, 5) is 0. The van der Waals surface area contributed by atoms with Gasteiger partial charge in [0.15, 0.2) is 0 Å². The van der Waals surface area contributed by atoms with Gasteiger partial charge in [-0.25, -0.2) is 4.39 Å². The molecule has 1 unspecified atom stereocenters. The van der Waals surface area contributed by atoms with Gasteiger partial charge in [0.2, 0.25) is 0 Å². The van der Waals surface area contributed by atoms with Crippen LogP contribution in [0.5, 0.6) is 0 Å². The molecule has 16 heavy (non-hydrogen) atoms. The summed E-state index contributed by atoms with van der Waals surface area (Å²) >= 11 is 3.27. The Balaban J connectivity index is 2.81. The third-order valence-corrected chi connectivity index (χ3v) is 3.50. The van der Waals surface area contributed by atoms with Crippen molar-refractivity contribution in [2.45, 2.75) is 32.0 Å². The summed E-state index contributed by atoms with van der Waals surface area (Å²) in [7, 11) is 1.56. The molecule has 4 heteroatoms. The van der Waals surface area contributed by atoms with Crippen LogP contribution < -0.4 is 0 Å². The van der Waals surface area contributed by atoms with Crippen molar-refractivity contribution in [1.82, 2.24) is 0 Å². The van der Waals surface area contributed by atoms with Crippen molar-refractivity contribution in [3.8, 4) is 0 Å². The molecular weight excluding hydrogens is 275 g/mol. The highest BCUT2D eigenvalue weighted by Gasteiger charge is 2.27. The number of benzene rings is 1. The van der Waals surface area contributed by atoms with Gasteiger partial charge in [-0.3, -0.25) is 0 Å². The fourth-order valence-electron chi connectivity index (χ4n) is 1.28. The van der Waals surface area contributed by atoms with Crippen molar-refractivity contribution in [3.05, 3.63) is 34.1 Å². The molecule has 0 spiro atoms. The molecule has 0 aromatic heterocycles. The van der Waals surface area contributed by atoms with Crippen LogP contribution in [0.2, 0.25) is 0 Å². The van der Waals surface area contributed by atoms with Crippen LogP contribution in [0.25, 0.3) is 0 Å². The molecule has 0 aliphatic carbocycles. The lowest BCUT2D eigenvalue weighted by molar-refractivity contribution is -0.0765. The van der Waals surface area contributed by atoms with Gasteiger partial charge < -0.3 is 9.84 Å². The van der Waals surface area contributed by atoms with E-state index in [-0.39, 0.29) is 5.82 Å². The van der Waals surface area contributed by atoms with Crippen molar-refractivity contribution >= 4 is 15.9 Å². The SMILES string of the molecule is COC(C)(C)C(O)Cc1ccc(F)cc1Br. The van der Waals surface area contributed by atoms with Gasteiger partial charge in [0.25, 0.3) is 0 Å². The minimum atomic E-state index is -0.640. The number of hydrogen-bond acceptors (Lipinski definition) is 2. The Morgan fingerprint density at radius 2 is 2.12 bits per heavy atom. The number of methoxy groups -OCH3 is 1. The van der Waals surface area contributed by atoms with Crippen molar-refractivity contribution in [3.63, 3.8) is 0 Å². The van der Waals surface area contributed by atoms with Crippen LogP contribution in [0, 0.1) is 5.82 Å². The Morgan fingerprint density at radius 3 is 2.62 bits per heavy atom. The minimum absolute atomic E-state index is 0.295. The quantitative estimate of drug-likeness (QED) is 0.924. The second-order valence-corrected chi connectivity index (χ2v) is 5.12.